The standard InChI is InChI=1S/C19H15N5O2/c25-24(26)18-13-11-15(12-14-18)19(22-20-16-7-3-1-4-8-16)23-21-17-9-5-2-6-10-17/h1-14,20H/b22-19+,23-21?. The zero-order valence-electron chi connectivity index (χ0n) is 13.7. The van der Waals surface area contributed by atoms with Crippen molar-refractivity contribution in [2.75, 3.05) is 5.43 Å². The smallest absolute Gasteiger partial charge is 0.269 e. The third-order valence-electron chi connectivity index (χ3n) is 3.42. The van der Waals surface area contributed by atoms with Crippen molar-refractivity contribution in [3.05, 3.63) is 101 Å². The third-order valence-corrected chi connectivity index (χ3v) is 3.42. The van der Waals surface area contributed by atoms with Gasteiger partial charge in [-0.15, -0.1) is 10.2 Å². The molecule has 0 fully saturated rings. The molecule has 0 unspecified atom stereocenters. The summed E-state index contributed by atoms with van der Waals surface area (Å²) in [7, 11) is 0. The zero-order chi connectivity index (χ0) is 18.2. The Hall–Kier alpha value is -3.87. The van der Waals surface area contributed by atoms with E-state index in [1.807, 2.05) is 60.7 Å². The van der Waals surface area contributed by atoms with Crippen LogP contribution in [0.25, 0.3) is 0 Å². The van der Waals surface area contributed by atoms with E-state index in [1.54, 1.807) is 12.1 Å². The van der Waals surface area contributed by atoms with Gasteiger partial charge in [-0.25, -0.2) is 0 Å². The molecule has 0 saturated carbocycles. The van der Waals surface area contributed by atoms with Gasteiger partial charge in [0.2, 0.25) is 5.84 Å². The maximum absolute atomic E-state index is 10.8. The maximum Gasteiger partial charge on any atom is 0.269 e. The van der Waals surface area contributed by atoms with E-state index in [0.29, 0.717) is 17.1 Å². The predicted octanol–water partition coefficient (Wildman–Crippen LogP) is 5.15. The second kappa shape index (κ2) is 8.29. The highest BCUT2D eigenvalue weighted by molar-refractivity contribution is 5.99. The number of nitro groups is 1. The molecular formula is C19H15N5O2. The normalized spacial score (nSPS) is 11.5. The number of hydrogen-bond donors (Lipinski definition) is 1. The molecule has 3 aromatic carbocycles. The highest BCUT2D eigenvalue weighted by Gasteiger charge is 2.08. The fourth-order valence-corrected chi connectivity index (χ4v) is 2.11. The van der Waals surface area contributed by atoms with Crippen LogP contribution < -0.4 is 5.43 Å². The minimum absolute atomic E-state index is 0.00381. The summed E-state index contributed by atoms with van der Waals surface area (Å²) in [4.78, 5) is 10.4. The second-order valence-corrected chi connectivity index (χ2v) is 5.25. The Morgan fingerprint density at radius 1 is 0.846 bits per heavy atom. The van der Waals surface area contributed by atoms with E-state index >= 15 is 0 Å². The Labute approximate surface area is 149 Å². The van der Waals surface area contributed by atoms with E-state index in [1.165, 1.54) is 12.1 Å². The Bertz CT molecular complexity index is 923. The first-order valence-corrected chi connectivity index (χ1v) is 7.83. The van der Waals surface area contributed by atoms with Gasteiger partial charge in [0.1, 0.15) is 0 Å². The van der Waals surface area contributed by atoms with E-state index in [9.17, 15) is 10.1 Å². The summed E-state index contributed by atoms with van der Waals surface area (Å²) in [6.07, 6.45) is 0. The summed E-state index contributed by atoms with van der Waals surface area (Å²) in [5.74, 6) is 0.313. The largest absolute Gasteiger partial charge is 0.276 e. The monoisotopic (exact) mass is 345 g/mol. The lowest BCUT2D eigenvalue weighted by Crippen LogP contribution is -2.01. The summed E-state index contributed by atoms with van der Waals surface area (Å²) in [6, 6.07) is 24.7. The van der Waals surface area contributed by atoms with Crippen LogP contribution in [-0.2, 0) is 0 Å². The van der Waals surface area contributed by atoms with Crippen molar-refractivity contribution in [2.45, 2.75) is 0 Å². The van der Waals surface area contributed by atoms with Crippen LogP contribution in [0.1, 0.15) is 5.56 Å². The van der Waals surface area contributed by atoms with Crippen LogP contribution in [0.15, 0.2) is 100 Å². The molecule has 0 aliphatic carbocycles. The summed E-state index contributed by atoms with van der Waals surface area (Å²) < 4.78 is 0. The minimum atomic E-state index is -0.450. The van der Waals surface area contributed by atoms with Crippen molar-refractivity contribution in [1.29, 1.82) is 0 Å². The average molecular weight is 345 g/mol. The van der Waals surface area contributed by atoms with Gasteiger partial charge >= 0.3 is 0 Å². The lowest BCUT2D eigenvalue weighted by molar-refractivity contribution is -0.384. The number of azo groups is 1. The minimum Gasteiger partial charge on any atom is -0.276 e. The van der Waals surface area contributed by atoms with Crippen LogP contribution in [0.5, 0.6) is 0 Å². The number of hydrogen-bond acceptors (Lipinski definition) is 5. The molecular weight excluding hydrogens is 330 g/mol. The highest BCUT2D eigenvalue weighted by atomic mass is 16.6. The number of rotatable bonds is 5. The van der Waals surface area contributed by atoms with Gasteiger partial charge in [-0.1, -0.05) is 36.4 Å². The summed E-state index contributed by atoms with van der Waals surface area (Å²) in [5, 5.41) is 23.5. The van der Waals surface area contributed by atoms with E-state index in [2.05, 4.69) is 20.8 Å². The van der Waals surface area contributed by atoms with Crippen molar-refractivity contribution in [3.8, 4) is 0 Å². The van der Waals surface area contributed by atoms with Gasteiger partial charge < -0.3 is 0 Å². The molecule has 0 bridgehead atoms. The Kier molecular flexibility index (Phi) is 5.41. The van der Waals surface area contributed by atoms with Crippen LogP contribution in [0.4, 0.5) is 17.1 Å². The summed E-state index contributed by atoms with van der Waals surface area (Å²) in [5.41, 5.74) is 5.01. The first-order valence-electron chi connectivity index (χ1n) is 7.83. The average Bonchev–Trinajstić information content (AvgIpc) is 2.70. The second-order valence-electron chi connectivity index (χ2n) is 5.25. The fourth-order valence-electron chi connectivity index (χ4n) is 2.11. The first kappa shape index (κ1) is 17.0. The number of benzene rings is 3. The molecule has 7 nitrogen and oxygen atoms in total. The number of anilines is 1. The van der Waals surface area contributed by atoms with E-state index in [4.69, 9.17) is 0 Å². The van der Waals surface area contributed by atoms with Crippen molar-refractivity contribution < 1.29 is 4.92 Å². The van der Waals surface area contributed by atoms with Gasteiger partial charge in [-0.05, 0) is 36.4 Å². The molecule has 3 aromatic rings. The topological polar surface area (TPSA) is 92.2 Å². The predicted molar refractivity (Wildman–Crippen MR) is 101 cm³/mol. The van der Waals surface area contributed by atoms with E-state index in [0.717, 1.165) is 5.69 Å². The molecule has 3 rings (SSSR count). The van der Waals surface area contributed by atoms with Gasteiger partial charge in [0.25, 0.3) is 5.69 Å². The number of para-hydroxylation sites is 1. The Morgan fingerprint density at radius 2 is 1.46 bits per heavy atom. The molecule has 0 atom stereocenters. The molecule has 0 radical (unpaired) electrons. The van der Waals surface area contributed by atoms with Gasteiger partial charge in [0.15, 0.2) is 0 Å². The van der Waals surface area contributed by atoms with Gasteiger partial charge in [-0.2, -0.15) is 5.10 Å². The van der Waals surface area contributed by atoms with Gasteiger partial charge in [0.05, 0.1) is 16.3 Å². The van der Waals surface area contributed by atoms with Crippen LogP contribution in [0.2, 0.25) is 0 Å². The molecule has 0 heterocycles. The van der Waals surface area contributed by atoms with Gasteiger partial charge in [0, 0.05) is 17.7 Å². The van der Waals surface area contributed by atoms with Crippen LogP contribution in [0, 0.1) is 10.1 Å². The molecule has 0 amide bonds. The van der Waals surface area contributed by atoms with Crippen molar-refractivity contribution in [2.24, 2.45) is 15.3 Å². The number of hydrazone groups is 1. The Morgan fingerprint density at radius 3 is 2.08 bits per heavy atom. The molecule has 0 saturated heterocycles. The van der Waals surface area contributed by atoms with Crippen LogP contribution >= 0.6 is 0 Å². The van der Waals surface area contributed by atoms with E-state index < -0.39 is 4.92 Å². The number of nitro benzene ring substituents is 1. The van der Waals surface area contributed by atoms with Crippen LogP contribution in [0.3, 0.4) is 0 Å². The summed E-state index contributed by atoms with van der Waals surface area (Å²) >= 11 is 0. The first-order chi connectivity index (χ1) is 12.7. The molecule has 7 heteroatoms. The molecule has 128 valence electrons. The van der Waals surface area contributed by atoms with Crippen molar-refractivity contribution in [1.82, 2.24) is 0 Å². The molecule has 0 aliphatic rings. The molecule has 0 spiro atoms. The quantitative estimate of drug-likeness (QED) is 0.228. The number of amidine groups is 1. The highest BCUT2D eigenvalue weighted by Crippen LogP contribution is 2.16. The lowest BCUT2D eigenvalue weighted by atomic mass is 10.2. The zero-order valence-corrected chi connectivity index (χ0v) is 13.7. The van der Waals surface area contributed by atoms with Gasteiger partial charge in [-0.3, -0.25) is 15.5 Å². The summed E-state index contributed by atoms with van der Waals surface area (Å²) in [6.45, 7) is 0. The maximum atomic E-state index is 10.8. The number of nitrogens with zero attached hydrogens (tertiary/aromatic N) is 4. The van der Waals surface area contributed by atoms with Crippen molar-refractivity contribution >= 4 is 22.9 Å². The SMILES string of the molecule is O=[N+]([O-])c1ccc(/C(N=Nc2ccccc2)=N\Nc2ccccc2)cc1. The number of nitrogens with one attached hydrogen (secondary N) is 1. The lowest BCUT2D eigenvalue weighted by Gasteiger charge is -2.03. The molecule has 0 aromatic heterocycles. The van der Waals surface area contributed by atoms with Crippen LogP contribution in [-0.4, -0.2) is 10.8 Å². The van der Waals surface area contributed by atoms with Crippen molar-refractivity contribution in [3.63, 3.8) is 0 Å². The molecule has 26 heavy (non-hydrogen) atoms. The number of non-ortho nitro benzene ring substituents is 1. The molecule has 1 N–H and O–H groups in total. The van der Waals surface area contributed by atoms with E-state index in [-0.39, 0.29) is 5.69 Å². The fraction of sp³-hybridized carbons (Fsp3) is 0. The third kappa shape index (κ3) is 4.57. The Balaban J connectivity index is 1.90. The molecule has 0 aliphatic heterocycles.